The highest BCUT2D eigenvalue weighted by Crippen LogP contribution is 2.28. The number of nitrogens with zero attached hydrogens (tertiary/aromatic N) is 3. The summed E-state index contributed by atoms with van der Waals surface area (Å²) in [5.74, 6) is 0.881. The Morgan fingerprint density at radius 3 is 2.81 bits per heavy atom. The van der Waals surface area contributed by atoms with Gasteiger partial charge in [0.2, 0.25) is 5.91 Å². The number of imidazole rings is 1. The zero-order valence-electron chi connectivity index (χ0n) is 14.9. The SMILES string of the molecule is O=C(CCn1ccccc1=O)N1CCC(c2nc3ccc(F)cc3[nH]2)CC1. The summed E-state index contributed by atoms with van der Waals surface area (Å²) in [7, 11) is 0. The number of piperidine rings is 1. The van der Waals surface area contributed by atoms with Crippen LogP contribution in [0.4, 0.5) is 4.39 Å². The van der Waals surface area contributed by atoms with Crippen LogP contribution < -0.4 is 5.56 Å². The third-order valence-electron chi connectivity index (χ3n) is 5.16. The van der Waals surface area contributed by atoms with Crippen molar-refractivity contribution in [1.82, 2.24) is 19.4 Å². The quantitative estimate of drug-likeness (QED) is 0.770. The number of aromatic nitrogens is 3. The zero-order valence-corrected chi connectivity index (χ0v) is 14.9. The summed E-state index contributed by atoms with van der Waals surface area (Å²) in [6, 6.07) is 9.51. The largest absolute Gasteiger partial charge is 0.343 e. The van der Waals surface area contributed by atoms with E-state index in [0.29, 0.717) is 31.6 Å². The summed E-state index contributed by atoms with van der Waals surface area (Å²) in [5, 5.41) is 0. The second-order valence-corrected chi connectivity index (χ2v) is 6.92. The van der Waals surface area contributed by atoms with Crippen LogP contribution >= 0.6 is 0 Å². The fraction of sp³-hybridized carbons (Fsp3) is 0.350. The molecule has 0 aliphatic carbocycles. The molecule has 7 heteroatoms. The van der Waals surface area contributed by atoms with Crippen molar-refractivity contribution < 1.29 is 9.18 Å². The Kier molecular flexibility index (Phi) is 4.75. The van der Waals surface area contributed by atoms with E-state index in [1.54, 1.807) is 29.0 Å². The lowest BCUT2D eigenvalue weighted by molar-refractivity contribution is -0.132. The van der Waals surface area contributed by atoms with Crippen LogP contribution in [0.15, 0.2) is 47.4 Å². The van der Waals surface area contributed by atoms with Crippen LogP contribution in [0, 0.1) is 5.82 Å². The zero-order chi connectivity index (χ0) is 18.8. The number of halogens is 1. The molecule has 140 valence electrons. The fourth-order valence-corrected chi connectivity index (χ4v) is 3.62. The first-order valence-electron chi connectivity index (χ1n) is 9.18. The van der Waals surface area contributed by atoms with Crippen molar-refractivity contribution in [2.75, 3.05) is 13.1 Å². The number of carbonyl (C=O) groups excluding carboxylic acids is 1. The molecule has 0 atom stereocenters. The van der Waals surface area contributed by atoms with Crippen molar-refractivity contribution in [3.63, 3.8) is 0 Å². The van der Waals surface area contributed by atoms with E-state index in [0.717, 1.165) is 24.2 Å². The maximum Gasteiger partial charge on any atom is 0.250 e. The normalized spacial score (nSPS) is 15.4. The summed E-state index contributed by atoms with van der Waals surface area (Å²) in [4.78, 5) is 33.8. The highest BCUT2D eigenvalue weighted by molar-refractivity contribution is 5.76. The van der Waals surface area contributed by atoms with E-state index in [4.69, 9.17) is 0 Å². The average Bonchev–Trinajstić information content (AvgIpc) is 3.10. The number of benzene rings is 1. The van der Waals surface area contributed by atoms with Gasteiger partial charge in [0.1, 0.15) is 11.6 Å². The second kappa shape index (κ2) is 7.34. The summed E-state index contributed by atoms with van der Waals surface area (Å²) in [5.41, 5.74) is 1.38. The van der Waals surface area contributed by atoms with E-state index < -0.39 is 0 Å². The lowest BCUT2D eigenvalue weighted by Crippen LogP contribution is -2.38. The monoisotopic (exact) mass is 368 g/mol. The lowest BCUT2D eigenvalue weighted by atomic mass is 9.96. The van der Waals surface area contributed by atoms with Gasteiger partial charge in [0.15, 0.2) is 0 Å². The number of aryl methyl sites for hydroxylation is 1. The van der Waals surface area contributed by atoms with Gasteiger partial charge >= 0.3 is 0 Å². The molecule has 1 saturated heterocycles. The van der Waals surface area contributed by atoms with E-state index in [1.807, 2.05) is 4.90 Å². The number of fused-ring (bicyclic) bond motifs is 1. The number of H-pyrrole nitrogens is 1. The van der Waals surface area contributed by atoms with Crippen molar-refractivity contribution in [2.24, 2.45) is 0 Å². The van der Waals surface area contributed by atoms with Crippen LogP contribution in [-0.4, -0.2) is 38.4 Å². The van der Waals surface area contributed by atoms with Crippen LogP contribution in [0.3, 0.4) is 0 Å². The Bertz CT molecular complexity index is 1020. The molecule has 4 rings (SSSR count). The number of hydrogen-bond donors (Lipinski definition) is 1. The van der Waals surface area contributed by atoms with Gasteiger partial charge in [0, 0.05) is 44.2 Å². The smallest absolute Gasteiger partial charge is 0.250 e. The van der Waals surface area contributed by atoms with E-state index in [2.05, 4.69) is 9.97 Å². The average molecular weight is 368 g/mol. The molecule has 1 N–H and O–H groups in total. The van der Waals surface area contributed by atoms with Gasteiger partial charge in [-0.3, -0.25) is 9.59 Å². The fourth-order valence-electron chi connectivity index (χ4n) is 3.62. The minimum absolute atomic E-state index is 0.0656. The highest BCUT2D eigenvalue weighted by atomic mass is 19.1. The van der Waals surface area contributed by atoms with Crippen molar-refractivity contribution in [1.29, 1.82) is 0 Å². The van der Waals surface area contributed by atoms with E-state index >= 15 is 0 Å². The molecule has 27 heavy (non-hydrogen) atoms. The first kappa shape index (κ1) is 17.5. The lowest BCUT2D eigenvalue weighted by Gasteiger charge is -2.31. The standard InChI is InChI=1S/C20H21FN4O2/c21-15-4-5-16-17(13-15)23-20(22-16)14-6-10-25(11-7-14)19(27)8-12-24-9-2-1-3-18(24)26/h1-5,9,13-14H,6-8,10-12H2,(H,22,23). The van der Waals surface area contributed by atoms with E-state index in [9.17, 15) is 14.0 Å². The molecule has 0 radical (unpaired) electrons. The number of hydrogen-bond acceptors (Lipinski definition) is 3. The highest BCUT2D eigenvalue weighted by Gasteiger charge is 2.25. The van der Waals surface area contributed by atoms with Crippen molar-refractivity contribution in [3.8, 4) is 0 Å². The Morgan fingerprint density at radius 1 is 1.22 bits per heavy atom. The number of carbonyl (C=O) groups is 1. The molecule has 2 aromatic heterocycles. The maximum absolute atomic E-state index is 13.3. The predicted molar refractivity (Wildman–Crippen MR) is 99.9 cm³/mol. The molecule has 3 aromatic rings. The van der Waals surface area contributed by atoms with Crippen LogP contribution in [0.25, 0.3) is 11.0 Å². The molecule has 0 saturated carbocycles. The van der Waals surface area contributed by atoms with Crippen molar-refractivity contribution in [3.05, 3.63) is 64.6 Å². The number of amides is 1. The minimum Gasteiger partial charge on any atom is -0.343 e. The molecule has 0 bridgehead atoms. The Morgan fingerprint density at radius 2 is 2.04 bits per heavy atom. The topological polar surface area (TPSA) is 71.0 Å². The number of aromatic amines is 1. The predicted octanol–water partition coefficient (Wildman–Crippen LogP) is 2.66. The van der Waals surface area contributed by atoms with Crippen molar-refractivity contribution >= 4 is 16.9 Å². The third-order valence-corrected chi connectivity index (χ3v) is 5.16. The summed E-state index contributed by atoms with van der Waals surface area (Å²) < 4.78 is 14.9. The summed E-state index contributed by atoms with van der Waals surface area (Å²) >= 11 is 0. The molecule has 1 aliphatic rings. The van der Waals surface area contributed by atoms with Gasteiger partial charge in [-0.05, 0) is 37.1 Å². The van der Waals surface area contributed by atoms with Crippen LogP contribution in [0.1, 0.15) is 31.0 Å². The van der Waals surface area contributed by atoms with Gasteiger partial charge < -0.3 is 14.5 Å². The van der Waals surface area contributed by atoms with E-state index in [-0.39, 0.29) is 23.2 Å². The van der Waals surface area contributed by atoms with Gasteiger partial charge in [-0.1, -0.05) is 6.07 Å². The first-order chi connectivity index (χ1) is 13.1. The number of nitrogens with one attached hydrogen (secondary N) is 1. The molecular weight excluding hydrogens is 347 g/mol. The van der Waals surface area contributed by atoms with Gasteiger partial charge in [-0.15, -0.1) is 0 Å². The maximum atomic E-state index is 13.3. The van der Waals surface area contributed by atoms with Crippen LogP contribution in [0.2, 0.25) is 0 Å². The van der Waals surface area contributed by atoms with Gasteiger partial charge in [-0.2, -0.15) is 0 Å². The molecule has 6 nitrogen and oxygen atoms in total. The summed E-state index contributed by atoms with van der Waals surface area (Å²) in [6.07, 6.45) is 3.66. The molecule has 1 fully saturated rings. The van der Waals surface area contributed by atoms with Crippen LogP contribution in [-0.2, 0) is 11.3 Å². The van der Waals surface area contributed by atoms with Crippen molar-refractivity contribution in [2.45, 2.75) is 31.7 Å². The molecule has 1 aromatic carbocycles. The minimum atomic E-state index is -0.282. The van der Waals surface area contributed by atoms with Crippen LogP contribution in [0.5, 0.6) is 0 Å². The Labute approximate surface area is 155 Å². The first-order valence-corrected chi connectivity index (χ1v) is 9.18. The van der Waals surface area contributed by atoms with Gasteiger partial charge in [0.05, 0.1) is 11.0 Å². The Balaban J connectivity index is 1.34. The number of likely N-dealkylation sites (tertiary alicyclic amines) is 1. The molecule has 0 unspecified atom stereocenters. The number of pyridine rings is 1. The number of rotatable bonds is 4. The van der Waals surface area contributed by atoms with E-state index in [1.165, 1.54) is 18.2 Å². The summed E-state index contributed by atoms with van der Waals surface area (Å²) in [6.45, 7) is 1.73. The molecule has 1 aliphatic heterocycles. The Hall–Kier alpha value is -2.96. The van der Waals surface area contributed by atoms with Gasteiger partial charge in [0.25, 0.3) is 5.56 Å². The molecule has 3 heterocycles. The molecule has 0 spiro atoms. The molecule has 1 amide bonds. The third kappa shape index (κ3) is 3.77. The second-order valence-electron chi connectivity index (χ2n) is 6.92. The molecular formula is C20H21FN4O2. The van der Waals surface area contributed by atoms with Gasteiger partial charge in [-0.25, -0.2) is 9.37 Å².